The first-order valence-corrected chi connectivity index (χ1v) is 22.7. The quantitative estimate of drug-likeness (QED) is 0.0792. The molecule has 22 heteroatoms. The van der Waals surface area contributed by atoms with Gasteiger partial charge in [-0.2, -0.15) is 10.2 Å². The summed E-state index contributed by atoms with van der Waals surface area (Å²) in [6.45, 7) is 10.1. The Hall–Kier alpha value is -5.77. The summed E-state index contributed by atoms with van der Waals surface area (Å²) in [5.41, 5.74) is 2.21. The van der Waals surface area contributed by atoms with Crippen LogP contribution < -0.4 is 29.6 Å². The summed E-state index contributed by atoms with van der Waals surface area (Å²) in [7, 11) is 0. The number of allylic oxidation sites excluding steroid dienone is 1. The van der Waals surface area contributed by atoms with Crippen LogP contribution in [0.5, 0.6) is 0 Å². The fraction of sp³-hybridized carbons (Fsp3) is 0.543. The average molecular weight is 947 g/mol. The maximum atomic E-state index is 11.2. The van der Waals surface area contributed by atoms with Crippen molar-refractivity contribution < 1.29 is 50.5 Å². The molecule has 360 valence electrons. The van der Waals surface area contributed by atoms with E-state index in [1.54, 1.807) is 9.36 Å². The first-order chi connectivity index (χ1) is 31.9. The number of hydrogen-bond acceptors (Lipinski definition) is 16. The molecule has 0 amide bonds. The summed E-state index contributed by atoms with van der Waals surface area (Å²) in [5.74, 6) is 2.40. The van der Waals surface area contributed by atoms with Crippen LogP contribution in [-0.4, -0.2) is 89.2 Å². The molecule has 68 heavy (non-hydrogen) atoms. The SMILES string of the molecule is C.CC1CCC(n2cc([N+](=O)[O-])c(-c3cnccn3)n2)CC1.CC1CCC(n2cc([N+](=O)[O-])c(-c3cnccn3)n2)CC1.CCOC1CCC(C)CC1.O=[N+]([O-])C1=CCN=C1c1cnccn1.[H-].[Na+]. The molecule has 0 spiro atoms. The van der Waals surface area contributed by atoms with Gasteiger partial charge in [-0.05, 0) is 102 Å². The first kappa shape index (κ1) is 54.8. The van der Waals surface area contributed by atoms with Gasteiger partial charge < -0.3 is 6.16 Å². The van der Waals surface area contributed by atoms with E-state index >= 15 is 0 Å². The van der Waals surface area contributed by atoms with Crippen molar-refractivity contribution in [2.45, 2.75) is 130 Å². The zero-order valence-corrected chi connectivity index (χ0v) is 40.9. The molecule has 0 aromatic carbocycles. The molecule has 6 heterocycles. The monoisotopic (exact) mass is 946 g/mol. The summed E-state index contributed by atoms with van der Waals surface area (Å²) in [5, 5.41) is 41.9. The normalized spacial score (nSPS) is 21.8. The molecule has 5 aromatic heterocycles. The molecule has 0 bridgehead atoms. The molecule has 0 unspecified atom stereocenters. The van der Waals surface area contributed by atoms with Gasteiger partial charge in [0, 0.05) is 49.9 Å². The van der Waals surface area contributed by atoms with E-state index < -0.39 is 14.8 Å². The Kier molecular flexibility index (Phi) is 22.0. The van der Waals surface area contributed by atoms with Gasteiger partial charge >= 0.3 is 40.9 Å². The smallest absolute Gasteiger partial charge is 1.00 e. The van der Waals surface area contributed by atoms with Gasteiger partial charge in [-0.1, -0.05) is 28.2 Å². The van der Waals surface area contributed by atoms with Crippen LogP contribution >= 0.6 is 0 Å². The Balaban J connectivity index is 0.000000249. The van der Waals surface area contributed by atoms with E-state index in [1.165, 1.54) is 99.9 Å². The molecule has 3 aliphatic carbocycles. The summed E-state index contributed by atoms with van der Waals surface area (Å²) in [6.07, 6.45) is 32.6. The third-order valence-electron chi connectivity index (χ3n) is 12.3. The fourth-order valence-corrected chi connectivity index (χ4v) is 8.45. The Labute approximate surface area is 420 Å². The van der Waals surface area contributed by atoms with Crippen molar-refractivity contribution in [2.75, 3.05) is 13.2 Å². The minimum atomic E-state index is -0.458. The van der Waals surface area contributed by atoms with Gasteiger partial charge in [-0.3, -0.25) is 74.6 Å². The molecule has 1 aliphatic heterocycles. The molecule has 4 aliphatic rings. The van der Waals surface area contributed by atoms with Crippen molar-refractivity contribution >= 4 is 17.1 Å². The molecule has 3 saturated carbocycles. The largest absolute Gasteiger partial charge is 1.00 e. The third-order valence-corrected chi connectivity index (χ3v) is 12.3. The molecule has 0 atom stereocenters. The summed E-state index contributed by atoms with van der Waals surface area (Å²) in [4.78, 5) is 59.8. The van der Waals surface area contributed by atoms with Crippen LogP contribution in [0.25, 0.3) is 22.8 Å². The average Bonchev–Trinajstić information content (AvgIpc) is 4.13. The van der Waals surface area contributed by atoms with E-state index in [2.05, 4.69) is 72.8 Å². The van der Waals surface area contributed by atoms with E-state index in [1.807, 2.05) is 0 Å². The van der Waals surface area contributed by atoms with Crippen LogP contribution in [0.15, 0.2) is 84.9 Å². The van der Waals surface area contributed by atoms with Gasteiger partial charge in [0.1, 0.15) is 29.5 Å². The van der Waals surface area contributed by atoms with Crippen molar-refractivity contribution in [2.24, 2.45) is 22.7 Å². The number of ether oxygens (including phenoxy) is 1. The Morgan fingerprint density at radius 1 is 0.603 bits per heavy atom. The Morgan fingerprint density at radius 2 is 1.00 bits per heavy atom. The third kappa shape index (κ3) is 15.4. The molecular weight excluding hydrogens is 884 g/mol. The maximum Gasteiger partial charge on any atom is 1.00 e. The molecule has 3 fully saturated rings. The summed E-state index contributed by atoms with van der Waals surface area (Å²) >= 11 is 0. The van der Waals surface area contributed by atoms with Gasteiger partial charge in [0.2, 0.25) is 0 Å². The van der Waals surface area contributed by atoms with Crippen LogP contribution in [0.3, 0.4) is 0 Å². The van der Waals surface area contributed by atoms with Crippen molar-refractivity contribution in [3.05, 3.63) is 116 Å². The number of aromatic nitrogens is 10. The number of nitro groups is 3. The van der Waals surface area contributed by atoms with Gasteiger partial charge in [0.15, 0.2) is 17.1 Å². The molecule has 0 saturated heterocycles. The number of hydrogen-bond donors (Lipinski definition) is 0. The van der Waals surface area contributed by atoms with E-state index in [4.69, 9.17) is 4.74 Å². The molecule has 21 nitrogen and oxygen atoms in total. The molecule has 0 N–H and O–H groups in total. The predicted octanol–water partition coefficient (Wildman–Crippen LogP) is 6.79. The molecular formula is C46H63N14NaO7. The van der Waals surface area contributed by atoms with Crippen molar-refractivity contribution in [3.8, 4) is 22.8 Å². The number of rotatable bonds is 10. The van der Waals surface area contributed by atoms with Crippen LogP contribution in [0, 0.1) is 48.1 Å². The summed E-state index contributed by atoms with van der Waals surface area (Å²) in [6, 6.07) is 0.482. The predicted molar refractivity (Wildman–Crippen MR) is 253 cm³/mol. The zero-order chi connectivity index (χ0) is 47.0. The van der Waals surface area contributed by atoms with Gasteiger partial charge in [-0.15, -0.1) is 0 Å². The second kappa shape index (κ2) is 27.3. The molecule has 0 radical (unpaired) electrons. The standard InChI is InChI=1S/2C14H17N5O2.C9H18O.C8H6N4O2.CH4.Na.H/c2*1-10-2-4-11(5-3-10)18-9-13(19(20)21)14(17-18)12-8-15-6-7-16-12;1-3-10-9-6-4-8(2)5-7-9;13-12(14)7-1-2-11-8(7)6-5-9-3-4-10-6;;;/h2*6-11H,2-5H2,1H3;8-9H,3-7H2,1-2H3;1,3-5H,2H2;1H4;;/q;;;;;+1;-1. The van der Waals surface area contributed by atoms with Crippen LogP contribution in [0.2, 0.25) is 0 Å². The minimum Gasteiger partial charge on any atom is -1.00 e. The fourth-order valence-electron chi connectivity index (χ4n) is 8.45. The van der Waals surface area contributed by atoms with E-state index in [-0.39, 0.29) is 67.6 Å². The summed E-state index contributed by atoms with van der Waals surface area (Å²) < 4.78 is 9.02. The van der Waals surface area contributed by atoms with E-state index in [9.17, 15) is 30.3 Å². The second-order valence-corrected chi connectivity index (χ2v) is 17.2. The van der Waals surface area contributed by atoms with Crippen molar-refractivity contribution in [1.82, 2.24) is 49.5 Å². The number of aliphatic imine (C=N–C) groups is 1. The Bertz CT molecular complexity index is 2290. The van der Waals surface area contributed by atoms with E-state index in [0.29, 0.717) is 46.8 Å². The van der Waals surface area contributed by atoms with Gasteiger partial charge in [-0.25, -0.2) is 0 Å². The second-order valence-electron chi connectivity index (χ2n) is 17.2. The maximum absolute atomic E-state index is 11.2. The van der Waals surface area contributed by atoms with Crippen LogP contribution in [0.4, 0.5) is 11.4 Å². The van der Waals surface area contributed by atoms with Gasteiger partial charge in [0.05, 0.1) is 58.1 Å². The van der Waals surface area contributed by atoms with E-state index in [0.717, 1.165) is 75.7 Å². The van der Waals surface area contributed by atoms with Crippen LogP contribution in [0.1, 0.15) is 131 Å². The first-order valence-electron chi connectivity index (χ1n) is 22.7. The number of nitrogens with zero attached hydrogens (tertiary/aromatic N) is 14. The molecule has 5 aromatic rings. The Morgan fingerprint density at radius 3 is 1.35 bits per heavy atom. The molecule has 9 rings (SSSR count). The van der Waals surface area contributed by atoms with Crippen molar-refractivity contribution in [1.29, 1.82) is 0 Å². The van der Waals surface area contributed by atoms with Gasteiger partial charge in [0.25, 0.3) is 5.70 Å². The van der Waals surface area contributed by atoms with Crippen molar-refractivity contribution in [3.63, 3.8) is 0 Å². The zero-order valence-electron chi connectivity index (χ0n) is 39.9. The topological polar surface area (TPSA) is 264 Å². The van der Waals surface area contributed by atoms with Crippen LogP contribution in [-0.2, 0) is 4.74 Å². The minimum absolute atomic E-state index is 0.